The maximum absolute atomic E-state index is 11.3. The SMILES string of the molecule is COc1cc(CCC(=O)OCC#N)cc(OC)c1OC. The van der Waals surface area contributed by atoms with Crippen molar-refractivity contribution < 1.29 is 23.7 Å². The molecule has 20 heavy (non-hydrogen) atoms. The lowest BCUT2D eigenvalue weighted by molar-refractivity contribution is -0.142. The Morgan fingerprint density at radius 1 is 1.15 bits per heavy atom. The van der Waals surface area contributed by atoms with Crippen LogP contribution in [0.4, 0.5) is 0 Å². The molecule has 0 N–H and O–H groups in total. The Morgan fingerprint density at radius 3 is 2.20 bits per heavy atom. The van der Waals surface area contributed by atoms with Crippen molar-refractivity contribution in [2.45, 2.75) is 12.8 Å². The van der Waals surface area contributed by atoms with E-state index >= 15 is 0 Å². The minimum Gasteiger partial charge on any atom is -0.493 e. The Bertz CT molecular complexity index is 482. The van der Waals surface area contributed by atoms with Crippen LogP contribution in [0.3, 0.4) is 0 Å². The number of nitriles is 1. The lowest BCUT2D eigenvalue weighted by Crippen LogP contribution is -2.06. The maximum atomic E-state index is 11.3. The van der Waals surface area contributed by atoms with E-state index in [4.69, 9.17) is 19.5 Å². The van der Waals surface area contributed by atoms with E-state index in [0.29, 0.717) is 23.7 Å². The summed E-state index contributed by atoms with van der Waals surface area (Å²) in [5, 5.41) is 8.32. The van der Waals surface area contributed by atoms with Gasteiger partial charge in [0.05, 0.1) is 21.3 Å². The van der Waals surface area contributed by atoms with Crippen molar-refractivity contribution in [2.24, 2.45) is 0 Å². The average molecular weight is 279 g/mol. The highest BCUT2D eigenvalue weighted by atomic mass is 16.5. The molecule has 0 aromatic heterocycles. The van der Waals surface area contributed by atoms with Crippen LogP contribution in [-0.2, 0) is 16.0 Å². The van der Waals surface area contributed by atoms with Gasteiger partial charge >= 0.3 is 5.97 Å². The highest BCUT2D eigenvalue weighted by molar-refractivity contribution is 5.70. The molecule has 0 amide bonds. The molecule has 1 rings (SSSR count). The number of nitrogens with zero attached hydrogens (tertiary/aromatic N) is 1. The van der Waals surface area contributed by atoms with Gasteiger partial charge in [-0.2, -0.15) is 5.26 Å². The summed E-state index contributed by atoms with van der Waals surface area (Å²) in [4.78, 5) is 11.3. The quantitative estimate of drug-likeness (QED) is 0.707. The summed E-state index contributed by atoms with van der Waals surface area (Å²) >= 11 is 0. The Hall–Kier alpha value is -2.42. The summed E-state index contributed by atoms with van der Waals surface area (Å²) in [5.41, 5.74) is 0.855. The van der Waals surface area contributed by atoms with Gasteiger partial charge in [0.2, 0.25) is 5.75 Å². The molecular formula is C14H17NO5. The second-order valence-corrected chi connectivity index (χ2v) is 3.85. The molecule has 0 spiro atoms. The van der Waals surface area contributed by atoms with Crippen LogP contribution in [0.15, 0.2) is 12.1 Å². The van der Waals surface area contributed by atoms with Crippen LogP contribution < -0.4 is 14.2 Å². The number of aryl methyl sites for hydroxylation is 1. The van der Waals surface area contributed by atoms with Crippen LogP contribution in [0.2, 0.25) is 0 Å². The molecule has 108 valence electrons. The zero-order chi connectivity index (χ0) is 15.0. The molecule has 0 aliphatic carbocycles. The molecule has 1 aromatic carbocycles. The third-order valence-corrected chi connectivity index (χ3v) is 2.64. The third-order valence-electron chi connectivity index (χ3n) is 2.64. The van der Waals surface area contributed by atoms with Gasteiger partial charge in [-0.15, -0.1) is 0 Å². The molecule has 6 nitrogen and oxygen atoms in total. The smallest absolute Gasteiger partial charge is 0.307 e. The number of methoxy groups -OCH3 is 3. The van der Waals surface area contributed by atoms with Crippen LogP contribution in [0.25, 0.3) is 0 Å². The van der Waals surface area contributed by atoms with Gasteiger partial charge in [0.1, 0.15) is 6.07 Å². The molecule has 0 saturated carbocycles. The van der Waals surface area contributed by atoms with Crippen molar-refractivity contribution in [3.05, 3.63) is 17.7 Å². The minimum atomic E-state index is -0.416. The summed E-state index contributed by atoms with van der Waals surface area (Å²) in [6.07, 6.45) is 0.640. The first kappa shape index (κ1) is 15.6. The van der Waals surface area contributed by atoms with E-state index in [9.17, 15) is 4.79 Å². The van der Waals surface area contributed by atoms with Crippen molar-refractivity contribution in [3.63, 3.8) is 0 Å². The molecule has 0 unspecified atom stereocenters. The van der Waals surface area contributed by atoms with E-state index in [0.717, 1.165) is 5.56 Å². The summed E-state index contributed by atoms with van der Waals surface area (Å²) in [7, 11) is 4.59. The summed E-state index contributed by atoms with van der Waals surface area (Å²) in [6.45, 7) is -0.228. The first-order chi connectivity index (χ1) is 9.65. The van der Waals surface area contributed by atoms with Crippen LogP contribution in [0.5, 0.6) is 17.2 Å². The van der Waals surface area contributed by atoms with Crippen molar-refractivity contribution in [1.29, 1.82) is 5.26 Å². The number of hydrogen-bond donors (Lipinski definition) is 0. The predicted octanol–water partition coefficient (Wildman–Crippen LogP) is 1.71. The maximum Gasteiger partial charge on any atom is 0.307 e. The van der Waals surface area contributed by atoms with E-state index in [-0.39, 0.29) is 13.0 Å². The second kappa shape index (κ2) is 7.89. The Labute approximate surface area is 117 Å². The van der Waals surface area contributed by atoms with Crippen molar-refractivity contribution in [3.8, 4) is 23.3 Å². The lowest BCUT2D eigenvalue weighted by atomic mass is 10.1. The zero-order valence-electron chi connectivity index (χ0n) is 11.8. The van der Waals surface area contributed by atoms with Crippen molar-refractivity contribution >= 4 is 5.97 Å². The second-order valence-electron chi connectivity index (χ2n) is 3.85. The first-order valence-electron chi connectivity index (χ1n) is 5.97. The number of hydrogen-bond acceptors (Lipinski definition) is 6. The summed E-state index contributed by atoms with van der Waals surface area (Å²) in [5.74, 6) is 1.16. The zero-order valence-corrected chi connectivity index (χ0v) is 11.8. The predicted molar refractivity (Wildman–Crippen MR) is 71.0 cm³/mol. The van der Waals surface area contributed by atoms with Crippen LogP contribution >= 0.6 is 0 Å². The Morgan fingerprint density at radius 2 is 1.75 bits per heavy atom. The molecule has 0 aliphatic heterocycles. The summed E-state index contributed by atoms with van der Waals surface area (Å²) in [6, 6.07) is 5.30. The molecule has 1 aromatic rings. The number of carbonyl (C=O) groups excluding carboxylic acids is 1. The molecule has 0 bridgehead atoms. The topological polar surface area (TPSA) is 77.8 Å². The van der Waals surface area contributed by atoms with E-state index in [1.807, 2.05) is 0 Å². The molecule has 6 heteroatoms. The van der Waals surface area contributed by atoms with Crippen LogP contribution in [0.1, 0.15) is 12.0 Å². The fourth-order valence-electron chi connectivity index (χ4n) is 1.71. The van der Waals surface area contributed by atoms with E-state index < -0.39 is 5.97 Å². The molecule has 0 saturated heterocycles. The monoisotopic (exact) mass is 279 g/mol. The fourth-order valence-corrected chi connectivity index (χ4v) is 1.71. The molecule has 0 fully saturated rings. The molecular weight excluding hydrogens is 262 g/mol. The average Bonchev–Trinajstić information content (AvgIpc) is 2.49. The van der Waals surface area contributed by atoms with Crippen molar-refractivity contribution in [2.75, 3.05) is 27.9 Å². The highest BCUT2D eigenvalue weighted by Crippen LogP contribution is 2.38. The molecule has 0 radical (unpaired) electrons. The van der Waals surface area contributed by atoms with Gasteiger partial charge in [-0.25, -0.2) is 0 Å². The van der Waals surface area contributed by atoms with E-state index in [2.05, 4.69) is 4.74 Å². The Balaban J connectivity index is 2.81. The van der Waals surface area contributed by atoms with Gasteiger partial charge in [0.25, 0.3) is 0 Å². The van der Waals surface area contributed by atoms with Gasteiger partial charge in [-0.1, -0.05) is 0 Å². The van der Waals surface area contributed by atoms with Gasteiger partial charge in [-0.3, -0.25) is 4.79 Å². The number of carbonyl (C=O) groups is 1. The Kier molecular flexibility index (Phi) is 6.17. The normalized spacial score (nSPS) is 9.50. The minimum absolute atomic E-state index is 0.181. The van der Waals surface area contributed by atoms with Crippen LogP contribution in [0, 0.1) is 11.3 Å². The van der Waals surface area contributed by atoms with Crippen LogP contribution in [-0.4, -0.2) is 33.9 Å². The van der Waals surface area contributed by atoms with Crippen molar-refractivity contribution in [1.82, 2.24) is 0 Å². The standard InChI is InChI=1S/C14H17NO5/c1-17-11-8-10(4-5-13(16)20-7-6-15)9-12(18-2)14(11)19-3/h8-9H,4-5,7H2,1-3H3. The summed E-state index contributed by atoms with van der Waals surface area (Å²) < 4.78 is 20.4. The molecule has 0 heterocycles. The molecule has 0 atom stereocenters. The highest BCUT2D eigenvalue weighted by Gasteiger charge is 2.14. The van der Waals surface area contributed by atoms with Gasteiger partial charge in [0.15, 0.2) is 18.1 Å². The van der Waals surface area contributed by atoms with Gasteiger partial charge in [0, 0.05) is 6.42 Å². The van der Waals surface area contributed by atoms with E-state index in [1.165, 1.54) is 21.3 Å². The number of benzene rings is 1. The first-order valence-corrected chi connectivity index (χ1v) is 5.97. The largest absolute Gasteiger partial charge is 0.493 e. The number of rotatable bonds is 7. The van der Waals surface area contributed by atoms with Gasteiger partial charge < -0.3 is 18.9 Å². The number of ether oxygens (including phenoxy) is 4. The van der Waals surface area contributed by atoms with E-state index in [1.54, 1.807) is 18.2 Å². The lowest BCUT2D eigenvalue weighted by Gasteiger charge is -2.13. The third kappa shape index (κ3) is 4.05. The molecule has 0 aliphatic rings. The van der Waals surface area contributed by atoms with Gasteiger partial charge in [-0.05, 0) is 24.1 Å². The number of esters is 1. The fraction of sp³-hybridized carbons (Fsp3) is 0.429.